The highest BCUT2D eigenvalue weighted by Crippen LogP contribution is 2.44. The highest BCUT2D eigenvalue weighted by Gasteiger charge is 2.35. The van der Waals surface area contributed by atoms with Crippen molar-refractivity contribution in [2.45, 2.75) is 6.18 Å². The van der Waals surface area contributed by atoms with Gasteiger partial charge in [0.15, 0.2) is 0 Å². The minimum absolute atomic E-state index is 0.0268. The van der Waals surface area contributed by atoms with Gasteiger partial charge in [-0.05, 0) is 12.1 Å². The zero-order valence-corrected chi connectivity index (χ0v) is 11.9. The summed E-state index contributed by atoms with van der Waals surface area (Å²) < 4.78 is 39.1. The van der Waals surface area contributed by atoms with Crippen molar-refractivity contribution < 1.29 is 13.2 Å². The van der Waals surface area contributed by atoms with Crippen LogP contribution in [0.2, 0.25) is 15.1 Å². The number of hydrogen-bond donors (Lipinski definition) is 1. The molecule has 0 radical (unpaired) electrons. The Balaban J connectivity index is 2.80. The number of nitrogens with two attached hydrogens (primary N) is 1. The Morgan fingerprint density at radius 3 is 2.25 bits per heavy atom. The number of halogens is 6. The summed E-state index contributed by atoms with van der Waals surface area (Å²) in [5.41, 5.74) is 4.33. The van der Waals surface area contributed by atoms with Crippen LogP contribution in [0, 0.1) is 0 Å². The summed E-state index contributed by atoms with van der Waals surface area (Å²) in [4.78, 5) is 3.67. The zero-order valence-electron chi connectivity index (χ0n) is 9.60. The van der Waals surface area contributed by atoms with Gasteiger partial charge in [0.2, 0.25) is 0 Å². The molecule has 0 atom stereocenters. The summed E-state index contributed by atoms with van der Waals surface area (Å²) in [7, 11) is 0. The van der Waals surface area contributed by atoms with Gasteiger partial charge in [0.1, 0.15) is 5.82 Å². The fourth-order valence-corrected chi connectivity index (χ4v) is 2.35. The number of benzene rings is 1. The van der Waals surface area contributed by atoms with Gasteiger partial charge >= 0.3 is 6.18 Å². The first-order chi connectivity index (χ1) is 9.23. The predicted octanol–water partition coefficient (Wildman–Crippen LogP) is 5.31. The van der Waals surface area contributed by atoms with Gasteiger partial charge in [-0.15, -0.1) is 0 Å². The summed E-state index contributed by atoms with van der Waals surface area (Å²) in [5, 5.41) is -0.0111. The van der Waals surface area contributed by atoms with E-state index in [0.717, 1.165) is 12.3 Å². The number of rotatable bonds is 1. The molecule has 0 saturated carbocycles. The van der Waals surface area contributed by atoms with Gasteiger partial charge in [0.05, 0.1) is 20.6 Å². The largest absolute Gasteiger partial charge is 0.417 e. The van der Waals surface area contributed by atoms with E-state index in [1.165, 1.54) is 12.1 Å². The van der Waals surface area contributed by atoms with E-state index in [2.05, 4.69) is 4.98 Å². The minimum Gasteiger partial charge on any atom is -0.383 e. The molecule has 0 unspecified atom stereocenters. The highest BCUT2D eigenvalue weighted by molar-refractivity contribution is 6.49. The molecule has 0 bridgehead atoms. The van der Waals surface area contributed by atoms with Gasteiger partial charge in [-0.2, -0.15) is 13.2 Å². The first kappa shape index (κ1) is 15.2. The van der Waals surface area contributed by atoms with Gasteiger partial charge in [-0.1, -0.05) is 40.9 Å². The normalized spacial score (nSPS) is 11.7. The van der Waals surface area contributed by atoms with Crippen LogP contribution in [0.4, 0.5) is 19.0 Å². The van der Waals surface area contributed by atoms with E-state index >= 15 is 0 Å². The van der Waals surface area contributed by atoms with Gasteiger partial charge in [-0.25, -0.2) is 4.98 Å². The first-order valence-electron chi connectivity index (χ1n) is 5.19. The number of alkyl halides is 3. The van der Waals surface area contributed by atoms with Crippen molar-refractivity contribution in [1.29, 1.82) is 0 Å². The maximum absolute atomic E-state index is 13.0. The van der Waals surface area contributed by atoms with Crippen molar-refractivity contribution in [3.63, 3.8) is 0 Å². The molecule has 1 aromatic carbocycles. The zero-order chi connectivity index (χ0) is 15.1. The Morgan fingerprint density at radius 1 is 1.00 bits per heavy atom. The first-order valence-corrected chi connectivity index (χ1v) is 6.32. The standard InChI is InChI=1S/C12H6Cl3F3N2/c13-7-2-1-5(9(14)10(7)15)8-6(12(16,17)18)3-4-20-11(8)19/h1-4H,(H2,19,20). The molecule has 0 fully saturated rings. The quantitative estimate of drug-likeness (QED) is 0.714. The van der Waals surface area contributed by atoms with Crippen LogP contribution in [-0.4, -0.2) is 4.98 Å². The van der Waals surface area contributed by atoms with Crippen molar-refractivity contribution in [3.05, 3.63) is 45.0 Å². The lowest BCUT2D eigenvalue weighted by Crippen LogP contribution is -2.10. The maximum atomic E-state index is 13.0. The molecule has 2 rings (SSSR count). The molecule has 8 heteroatoms. The Morgan fingerprint density at radius 2 is 1.65 bits per heavy atom. The molecular formula is C12H6Cl3F3N2. The fraction of sp³-hybridized carbons (Fsp3) is 0.0833. The van der Waals surface area contributed by atoms with Crippen molar-refractivity contribution in [3.8, 4) is 11.1 Å². The highest BCUT2D eigenvalue weighted by atomic mass is 35.5. The van der Waals surface area contributed by atoms with E-state index in [4.69, 9.17) is 40.5 Å². The van der Waals surface area contributed by atoms with Gasteiger partial charge in [-0.3, -0.25) is 0 Å². The van der Waals surface area contributed by atoms with Crippen LogP contribution in [0.3, 0.4) is 0 Å². The topological polar surface area (TPSA) is 38.9 Å². The smallest absolute Gasteiger partial charge is 0.383 e. The average Bonchev–Trinajstić information content (AvgIpc) is 2.36. The van der Waals surface area contributed by atoms with E-state index < -0.39 is 11.7 Å². The second-order valence-electron chi connectivity index (χ2n) is 3.84. The van der Waals surface area contributed by atoms with Crippen LogP contribution in [-0.2, 0) is 6.18 Å². The second-order valence-corrected chi connectivity index (χ2v) is 5.00. The molecule has 0 saturated heterocycles. The summed E-state index contributed by atoms with van der Waals surface area (Å²) in [5.74, 6) is -0.292. The van der Waals surface area contributed by atoms with Crippen LogP contribution < -0.4 is 5.73 Å². The summed E-state index contributed by atoms with van der Waals surface area (Å²) in [6, 6.07) is 3.49. The molecule has 0 amide bonds. The van der Waals surface area contributed by atoms with Crippen molar-refractivity contribution >= 4 is 40.6 Å². The lowest BCUT2D eigenvalue weighted by molar-refractivity contribution is -0.137. The minimum atomic E-state index is -4.60. The molecule has 2 N–H and O–H groups in total. The van der Waals surface area contributed by atoms with Crippen LogP contribution in [0.15, 0.2) is 24.4 Å². The molecule has 20 heavy (non-hydrogen) atoms. The number of nitrogen functional groups attached to an aromatic ring is 1. The number of nitrogens with zero attached hydrogens (tertiary/aromatic N) is 1. The third-order valence-electron chi connectivity index (χ3n) is 2.59. The van der Waals surface area contributed by atoms with E-state index in [1.807, 2.05) is 0 Å². The Kier molecular flexibility index (Phi) is 4.04. The lowest BCUT2D eigenvalue weighted by atomic mass is 10.0. The molecule has 0 aliphatic rings. The van der Waals surface area contributed by atoms with Crippen LogP contribution >= 0.6 is 34.8 Å². The summed E-state index contributed by atoms with van der Waals surface area (Å²) >= 11 is 17.6. The number of hydrogen-bond acceptors (Lipinski definition) is 2. The molecule has 0 spiro atoms. The Hall–Kier alpha value is -1.17. The SMILES string of the molecule is Nc1nccc(C(F)(F)F)c1-c1ccc(Cl)c(Cl)c1Cl. The molecule has 0 aliphatic heterocycles. The van der Waals surface area contributed by atoms with Gasteiger partial charge in [0, 0.05) is 17.3 Å². The maximum Gasteiger partial charge on any atom is 0.417 e. The van der Waals surface area contributed by atoms with Gasteiger partial charge in [0.25, 0.3) is 0 Å². The monoisotopic (exact) mass is 340 g/mol. The van der Waals surface area contributed by atoms with E-state index in [9.17, 15) is 13.2 Å². The number of aromatic nitrogens is 1. The molecule has 1 heterocycles. The van der Waals surface area contributed by atoms with Crippen LogP contribution in [0.25, 0.3) is 11.1 Å². The Bertz CT molecular complexity index is 672. The molecule has 0 aliphatic carbocycles. The van der Waals surface area contributed by atoms with E-state index in [-0.39, 0.29) is 32.0 Å². The van der Waals surface area contributed by atoms with Crippen molar-refractivity contribution in [1.82, 2.24) is 4.98 Å². The lowest BCUT2D eigenvalue weighted by Gasteiger charge is -2.16. The molecule has 1 aromatic heterocycles. The second kappa shape index (κ2) is 5.31. The summed E-state index contributed by atoms with van der Waals surface area (Å²) in [6.07, 6.45) is -3.62. The number of anilines is 1. The van der Waals surface area contributed by atoms with Gasteiger partial charge < -0.3 is 5.73 Å². The average molecular weight is 342 g/mol. The van der Waals surface area contributed by atoms with E-state index in [0.29, 0.717) is 0 Å². The van der Waals surface area contributed by atoms with Crippen LogP contribution in [0.5, 0.6) is 0 Å². The molecule has 2 nitrogen and oxygen atoms in total. The third kappa shape index (κ3) is 2.66. The molecule has 106 valence electrons. The van der Waals surface area contributed by atoms with Crippen molar-refractivity contribution in [2.24, 2.45) is 0 Å². The molecular weight excluding hydrogens is 335 g/mol. The number of pyridine rings is 1. The fourth-order valence-electron chi connectivity index (χ4n) is 1.72. The third-order valence-corrected chi connectivity index (χ3v) is 3.88. The predicted molar refractivity (Wildman–Crippen MR) is 74.1 cm³/mol. The summed E-state index contributed by atoms with van der Waals surface area (Å²) in [6.45, 7) is 0. The van der Waals surface area contributed by atoms with E-state index in [1.54, 1.807) is 0 Å². The van der Waals surface area contributed by atoms with Crippen LogP contribution in [0.1, 0.15) is 5.56 Å². The molecule has 2 aromatic rings. The Labute approximate surface area is 127 Å². The van der Waals surface area contributed by atoms with Crippen molar-refractivity contribution in [2.75, 3.05) is 5.73 Å².